The Labute approximate surface area is 124 Å². The number of hydrogen-bond donors (Lipinski definition) is 0. The molecule has 2 aliphatic heterocycles. The van der Waals surface area contributed by atoms with Gasteiger partial charge in [-0.2, -0.15) is 0 Å². The van der Waals surface area contributed by atoms with Crippen molar-refractivity contribution < 1.29 is 9.53 Å². The van der Waals surface area contributed by atoms with Crippen LogP contribution in [0.4, 0.5) is 4.79 Å². The molecule has 0 N–H and O–H groups in total. The van der Waals surface area contributed by atoms with E-state index in [2.05, 4.69) is 20.4 Å². The number of carbonyl (C=O) groups excluding carboxylic acids is 1. The summed E-state index contributed by atoms with van der Waals surface area (Å²) in [7, 11) is 0. The second-order valence-electron chi connectivity index (χ2n) is 6.75. The summed E-state index contributed by atoms with van der Waals surface area (Å²) in [4.78, 5) is 16.4. The van der Waals surface area contributed by atoms with Crippen molar-refractivity contribution in [1.82, 2.24) is 30.0 Å². The SMILES string of the molecule is CC(C)(C)OC(=O)N1CCN2CC(n3cnnn3)CC2C1. The van der Waals surface area contributed by atoms with E-state index >= 15 is 0 Å². The van der Waals surface area contributed by atoms with Crippen molar-refractivity contribution in [2.24, 2.45) is 0 Å². The first-order valence-corrected chi connectivity index (χ1v) is 7.37. The van der Waals surface area contributed by atoms with Gasteiger partial charge in [0.15, 0.2) is 0 Å². The van der Waals surface area contributed by atoms with Crippen molar-refractivity contribution >= 4 is 6.09 Å². The first-order chi connectivity index (χ1) is 9.92. The summed E-state index contributed by atoms with van der Waals surface area (Å²) < 4.78 is 7.27. The normalized spacial score (nSPS) is 26.7. The first-order valence-electron chi connectivity index (χ1n) is 7.37. The van der Waals surface area contributed by atoms with E-state index in [1.165, 1.54) is 0 Å². The summed E-state index contributed by atoms with van der Waals surface area (Å²) >= 11 is 0. The predicted molar refractivity (Wildman–Crippen MR) is 74.6 cm³/mol. The fraction of sp³-hybridized carbons (Fsp3) is 0.846. The zero-order chi connectivity index (χ0) is 15.0. The zero-order valence-corrected chi connectivity index (χ0v) is 12.8. The predicted octanol–water partition coefficient (Wildman–Crippen LogP) is 0.539. The van der Waals surface area contributed by atoms with Gasteiger partial charge in [-0.25, -0.2) is 9.48 Å². The molecule has 2 atom stereocenters. The molecule has 3 heterocycles. The summed E-state index contributed by atoms with van der Waals surface area (Å²) in [6.07, 6.45) is 2.41. The van der Waals surface area contributed by atoms with Crippen molar-refractivity contribution in [3.05, 3.63) is 6.33 Å². The van der Waals surface area contributed by atoms with Crippen LogP contribution >= 0.6 is 0 Å². The van der Waals surface area contributed by atoms with Crippen molar-refractivity contribution in [1.29, 1.82) is 0 Å². The fourth-order valence-corrected chi connectivity index (χ4v) is 3.04. The monoisotopic (exact) mass is 294 g/mol. The lowest BCUT2D eigenvalue weighted by molar-refractivity contribution is 0.00924. The molecule has 0 aromatic carbocycles. The van der Waals surface area contributed by atoms with Gasteiger partial charge in [0.2, 0.25) is 0 Å². The number of ether oxygens (including phenoxy) is 1. The number of rotatable bonds is 1. The molecule has 2 unspecified atom stereocenters. The van der Waals surface area contributed by atoms with Gasteiger partial charge in [0, 0.05) is 32.2 Å². The van der Waals surface area contributed by atoms with Gasteiger partial charge in [-0.3, -0.25) is 4.90 Å². The lowest BCUT2D eigenvalue weighted by atomic mass is 10.1. The van der Waals surface area contributed by atoms with Crippen LogP contribution in [-0.4, -0.2) is 73.9 Å². The Balaban J connectivity index is 1.60. The van der Waals surface area contributed by atoms with Crippen LogP contribution < -0.4 is 0 Å². The topological polar surface area (TPSA) is 76.4 Å². The van der Waals surface area contributed by atoms with Gasteiger partial charge in [-0.15, -0.1) is 5.10 Å². The lowest BCUT2D eigenvalue weighted by Crippen LogP contribution is -2.53. The maximum atomic E-state index is 12.2. The molecule has 1 aromatic heterocycles. The van der Waals surface area contributed by atoms with Gasteiger partial charge in [0.1, 0.15) is 11.9 Å². The number of amides is 1. The van der Waals surface area contributed by atoms with E-state index in [-0.39, 0.29) is 6.09 Å². The minimum Gasteiger partial charge on any atom is -0.444 e. The van der Waals surface area contributed by atoms with E-state index in [1.54, 1.807) is 6.33 Å². The summed E-state index contributed by atoms with van der Waals surface area (Å²) in [5, 5.41) is 11.4. The van der Waals surface area contributed by atoms with E-state index in [0.717, 1.165) is 19.5 Å². The number of carbonyl (C=O) groups is 1. The lowest BCUT2D eigenvalue weighted by Gasteiger charge is -2.37. The largest absolute Gasteiger partial charge is 0.444 e. The molecule has 3 rings (SSSR count). The van der Waals surface area contributed by atoms with Gasteiger partial charge in [-0.05, 0) is 37.6 Å². The molecule has 1 amide bonds. The number of piperazine rings is 1. The minimum absolute atomic E-state index is 0.215. The van der Waals surface area contributed by atoms with Crippen molar-refractivity contribution in [3.63, 3.8) is 0 Å². The van der Waals surface area contributed by atoms with Gasteiger partial charge in [0.25, 0.3) is 0 Å². The third-order valence-corrected chi connectivity index (χ3v) is 3.98. The van der Waals surface area contributed by atoms with Crippen molar-refractivity contribution in [2.45, 2.75) is 44.9 Å². The smallest absolute Gasteiger partial charge is 0.410 e. The Morgan fingerprint density at radius 2 is 2.05 bits per heavy atom. The van der Waals surface area contributed by atoms with Gasteiger partial charge >= 0.3 is 6.09 Å². The molecule has 2 fully saturated rings. The number of tetrazole rings is 1. The first kappa shape index (κ1) is 14.2. The Hall–Kier alpha value is -1.70. The fourth-order valence-electron chi connectivity index (χ4n) is 3.04. The van der Waals surface area contributed by atoms with Crippen molar-refractivity contribution in [3.8, 4) is 0 Å². The number of fused-ring (bicyclic) bond motifs is 1. The van der Waals surface area contributed by atoms with Crippen LogP contribution in [0.2, 0.25) is 0 Å². The standard InChI is InChI=1S/C13H22N6O2/c1-13(2,3)21-12(20)18-5-4-17-8-11(6-10(17)7-18)19-9-14-15-16-19/h9-11H,4-8H2,1-3H3. The highest BCUT2D eigenvalue weighted by Crippen LogP contribution is 2.29. The highest BCUT2D eigenvalue weighted by molar-refractivity contribution is 5.68. The molecule has 8 nitrogen and oxygen atoms in total. The third kappa shape index (κ3) is 3.15. The zero-order valence-electron chi connectivity index (χ0n) is 12.8. The van der Waals surface area contributed by atoms with Gasteiger partial charge in [-0.1, -0.05) is 0 Å². The van der Waals surface area contributed by atoms with E-state index in [9.17, 15) is 4.79 Å². The molecule has 8 heteroatoms. The van der Waals surface area contributed by atoms with Crippen LogP contribution in [0, 0.1) is 0 Å². The van der Waals surface area contributed by atoms with E-state index in [4.69, 9.17) is 4.74 Å². The second kappa shape index (κ2) is 5.25. The maximum Gasteiger partial charge on any atom is 0.410 e. The molecule has 0 bridgehead atoms. The van der Waals surface area contributed by atoms with Crippen LogP contribution in [0.1, 0.15) is 33.2 Å². The Morgan fingerprint density at radius 3 is 2.71 bits per heavy atom. The second-order valence-corrected chi connectivity index (χ2v) is 6.75. The number of hydrogen-bond acceptors (Lipinski definition) is 6. The average Bonchev–Trinajstić information content (AvgIpc) is 3.04. The van der Waals surface area contributed by atoms with Crippen LogP contribution in [-0.2, 0) is 4.74 Å². The molecular formula is C13H22N6O2. The summed E-state index contributed by atoms with van der Waals surface area (Å²) in [6, 6.07) is 0.657. The molecule has 0 saturated carbocycles. The highest BCUT2D eigenvalue weighted by atomic mass is 16.6. The Kier molecular flexibility index (Phi) is 3.56. The molecule has 2 aliphatic rings. The Morgan fingerprint density at radius 1 is 1.24 bits per heavy atom. The molecule has 116 valence electrons. The van der Waals surface area contributed by atoms with Crippen LogP contribution in [0.3, 0.4) is 0 Å². The molecule has 21 heavy (non-hydrogen) atoms. The molecule has 0 radical (unpaired) electrons. The summed E-state index contributed by atoms with van der Waals surface area (Å²) in [6.45, 7) is 8.93. The van der Waals surface area contributed by atoms with Gasteiger partial charge in [0.05, 0.1) is 6.04 Å². The highest BCUT2D eigenvalue weighted by Gasteiger charge is 2.39. The summed E-state index contributed by atoms with van der Waals surface area (Å²) in [5.74, 6) is 0. The van der Waals surface area contributed by atoms with Crippen molar-refractivity contribution in [2.75, 3.05) is 26.2 Å². The van der Waals surface area contributed by atoms with Crippen LogP contribution in [0.15, 0.2) is 6.33 Å². The molecule has 0 aliphatic carbocycles. The quantitative estimate of drug-likeness (QED) is 0.752. The third-order valence-electron chi connectivity index (χ3n) is 3.98. The molecule has 2 saturated heterocycles. The number of nitrogens with zero attached hydrogens (tertiary/aromatic N) is 6. The molecular weight excluding hydrogens is 272 g/mol. The van der Waals surface area contributed by atoms with Crippen LogP contribution in [0.5, 0.6) is 0 Å². The van der Waals surface area contributed by atoms with E-state index < -0.39 is 5.60 Å². The molecule has 0 spiro atoms. The average molecular weight is 294 g/mol. The minimum atomic E-state index is -0.446. The number of aromatic nitrogens is 4. The van der Waals surface area contributed by atoms with E-state index in [1.807, 2.05) is 30.4 Å². The Bertz CT molecular complexity index is 497. The van der Waals surface area contributed by atoms with E-state index in [0.29, 0.717) is 25.2 Å². The summed E-state index contributed by atoms with van der Waals surface area (Å²) in [5.41, 5.74) is -0.446. The molecule has 1 aromatic rings. The maximum absolute atomic E-state index is 12.2. The van der Waals surface area contributed by atoms with Gasteiger partial charge < -0.3 is 9.64 Å². The van der Waals surface area contributed by atoms with Crippen LogP contribution in [0.25, 0.3) is 0 Å².